The fourth-order valence-corrected chi connectivity index (χ4v) is 3.63. The minimum absolute atomic E-state index is 0.362. The van der Waals surface area contributed by atoms with Gasteiger partial charge in [-0.05, 0) is 49.5 Å². The summed E-state index contributed by atoms with van der Waals surface area (Å²) >= 11 is 8.06. The van der Waals surface area contributed by atoms with Crippen LogP contribution in [-0.4, -0.2) is 57.8 Å². The van der Waals surface area contributed by atoms with Crippen LogP contribution in [0.25, 0.3) is 0 Å². The average molecular weight is 385 g/mol. The summed E-state index contributed by atoms with van der Waals surface area (Å²) in [5.74, 6) is 2.96. The van der Waals surface area contributed by atoms with Crippen molar-refractivity contribution in [1.82, 2.24) is 10.6 Å². The van der Waals surface area contributed by atoms with E-state index in [9.17, 15) is 0 Å². The van der Waals surface area contributed by atoms with Crippen LogP contribution in [0.1, 0.15) is 19.3 Å². The van der Waals surface area contributed by atoms with Crippen molar-refractivity contribution in [2.75, 3.05) is 50.7 Å². The molecule has 0 aliphatic carbocycles. The van der Waals surface area contributed by atoms with Gasteiger partial charge in [0.1, 0.15) is 5.75 Å². The van der Waals surface area contributed by atoms with Gasteiger partial charge in [-0.2, -0.15) is 11.8 Å². The van der Waals surface area contributed by atoms with E-state index in [-0.39, 0.29) is 0 Å². The van der Waals surface area contributed by atoms with E-state index in [0.29, 0.717) is 6.04 Å². The Hall–Kier alpha value is -1.27. The maximum Gasteiger partial charge on any atom is 0.191 e. The first kappa shape index (κ1) is 20.0. The Bertz CT molecular complexity index is 570. The Balaban J connectivity index is 1.84. The lowest BCUT2D eigenvalue weighted by Crippen LogP contribution is -2.44. The van der Waals surface area contributed by atoms with Crippen LogP contribution in [0, 0.1) is 0 Å². The molecule has 1 heterocycles. The molecule has 0 saturated carbocycles. The fourth-order valence-electron chi connectivity index (χ4n) is 2.97. The second-order valence-corrected chi connectivity index (χ2v) is 7.51. The number of guanidine groups is 1. The van der Waals surface area contributed by atoms with E-state index in [1.165, 1.54) is 12.2 Å². The number of halogens is 1. The predicted molar refractivity (Wildman–Crippen MR) is 111 cm³/mol. The number of hydrogen-bond acceptors (Lipinski definition) is 4. The highest BCUT2D eigenvalue weighted by Gasteiger charge is 2.25. The maximum atomic E-state index is 6.16. The second-order valence-electron chi connectivity index (χ2n) is 6.09. The monoisotopic (exact) mass is 384 g/mol. The SMILES string of the molecule is CN=C(NCCCCSC)NC1CCN(c2cc(Cl)ccc2OC)C1. The van der Waals surface area contributed by atoms with Crippen molar-refractivity contribution in [3.05, 3.63) is 23.2 Å². The van der Waals surface area contributed by atoms with Crippen molar-refractivity contribution in [1.29, 1.82) is 0 Å². The van der Waals surface area contributed by atoms with Gasteiger partial charge in [-0.1, -0.05) is 11.6 Å². The summed E-state index contributed by atoms with van der Waals surface area (Å²) in [6, 6.07) is 6.12. The highest BCUT2D eigenvalue weighted by Crippen LogP contribution is 2.33. The summed E-state index contributed by atoms with van der Waals surface area (Å²) in [6.45, 7) is 2.84. The molecule has 1 aliphatic heterocycles. The van der Waals surface area contributed by atoms with Gasteiger partial charge in [0.25, 0.3) is 0 Å². The van der Waals surface area contributed by atoms with E-state index in [4.69, 9.17) is 16.3 Å². The number of thioether (sulfide) groups is 1. The van der Waals surface area contributed by atoms with E-state index in [1.807, 2.05) is 37.0 Å². The van der Waals surface area contributed by atoms with Gasteiger partial charge in [0, 0.05) is 37.7 Å². The molecule has 1 aliphatic rings. The lowest BCUT2D eigenvalue weighted by atomic mass is 10.2. The Kier molecular flexibility index (Phi) is 8.55. The van der Waals surface area contributed by atoms with Crippen LogP contribution in [-0.2, 0) is 0 Å². The molecule has 1 aromatic rings. The minimum atomic E-state index is 0.362. The Morgan fingerprint density at radius 2 is 2.28 bits per heavy atom. The number of benzene rings is 1. The molecule has 0 aromatic heterocycles. The first-order valence-corrected chi connectivity index (χ1v) is 10.5. The van der Waals surface area contributed by atoms with E-state index in [0.717, 1.165) is 54.9 Å². The summed E-state index contributed by atoms with van der Waals surface area (Å²) in [5, 5.41) is 7.66. The first-order chi connectivity index (χ1) is 12.2. The molecule has 1 fully saturated rings. The summed E-state index contributed by atoms with van der Waals surface area (Å²) in [4.78, 5) is 6.65. The normalized spacial score (nSPS) is 17.7. The third-order valence-electron chi connectivity index (χ3n) is 4.30. The molecule has 0 amide bonds. The smallest absolute Gasteiger partial charge is 0.191 e. The number of methoxy groups -OCH3 is 1. The highest BCUT2D eigenvalue weighted by molar-refractivity contribution is 7.98. The van der Waals surface area contributed by atoms with Crippen LogP contribution in [0.2, 0.25) is 5.02 Å². The number of nitrogens with one attached hydrogen (secondary N) is 2. The molecule has 0 spiro atoms. The Labute approximate surface area is 160 Å². The van der Waals surface area contributed by atoms with Gasteiger partial charge in [-0.25, -0.2) is 0 Å². The van der Waals surface area contributed by atoms with Crippen molar-refractivity contribution in [2.45, 2.75) is 25.3 Å². The fraction of sp³-hybridized carbons (Fsp3) is 0.611. The zero-order valence-electron chi connectivity index (χ0n) is 15.3. The van der Waals surface area contributed by atoms with E-state index < -0.39 is 0 Å². The van der Waals surface area contributed by atoms with Crippen molar-refractivity contribution >= 4 is 35.0 Å². The van der Waals surface area contributed by atoms with Crippen LogP contribution in [0.5, 0.6) is 5.75 Å². The van der Waals surface area contributed by atoms with Gasteiger partial charge in [-0.15, -0.1) is 0 Å². The Morgan fingerprint density at radius 1 is 1.44 bits per heavy atom. The van der Waals surface area contributed by atoms with E-state index in [2.05, 4.69) is 26.8 Å². The van der Waals surface area contributed by atoms with Crippen LogP contribution in [0.15, 0.2) is 23.2 Å². The van der Waals surface area contributed by atoms with Gasteiger partial charge in [0.15, 0.2) is 5.96 Å². The summed E-state index contributed by atoms with van der Waals surface area (Å²) in [5.41, 5.74) is 1.05. The molecule has 1 saturated heterocycles. The molecule has 7 heteroatoms. The third-order valence-corrected chi connectivity index (χ3v) is 5.23. The maximum absolute atomic E-state index is 6.16. The highest BCUT2D eigenvalue weighted by atomic mass is 35.5. The molecule has 5 nitrogen and oxygen atoms in total. The quantitative estimate of drug-likeness (QED) is 0.409. The summed E-state index contributed by atoms with van der Waals surface area (Å²) in [7, 11) is 3.52. The molecular weight excluding hydrogens is 356 g/mol. The van der Waals surface area contributed by atoms with Gasteiger partial charge < -0.3 is 20.3 Å². The summed E-state index contributed by atoms with van der Waals surface area (Å²) < 4.78 is 5.48. The number of ether oxygens (including phenoxy) is 1. The number of anilines is 1. The topological polar surface area (TPSA) is 48.9 Å². The molecule has 25 heavy (non-hydrogen) atoms. The van der Waals surface area contributed by atoms with Crippen LogP contribution in [0.4, 0.5) is 5.69 Å². The second kappa shape index (κ2) is 10.7. The van der Waals surface area contributed by atoms with Crippen LogP contribution in [0.3, 0.4) is 0 Å². The average Bonchev–Trinajstić information content (AvgIpc) is 3.09. The molecule has 140 valence electrons. The van der Waals surface area contributed by atoms with Crippen molar-refractivity contribution in [2.24, 2.45) is 4.99 Å². The van der Waals surface area contributed by atoms with E-state index in [1.54, 1.807) is 7.11 Å². The number of rotatable bonds is 8. The molecule has 1 unspecified atom stereocenters. The first-order valence-electron chi connectivity index (χ1n) is 8.72. The molecule has 2 N–H and O–H groups in total. The summed E-state index contributed by atoms with van der Waals surface area (Å²) in [6.07, 6.45) is 5.60. The number of aliphatic imine (C=N–C) groups is 1. The molecular formula is C18H29ClN4OS. The van der Waals surface area contributed by atoms with Gasteiger partial charge >= 0.3 is 0 Å². The Morgan fingerprint density at radius 3 is 3.00 bits per heavy atom. The van der Waals surface area contributed by atoms with Gasteiger partial charge in [0.05, 0.1) is 12.8 Å². The number of unbranched alkanes of at least 4 members (excludes halogenated alkanes) is 1. The zero-order valence-corrected chi connectivity index (χ0v) is 16.9. The predicted octanol–water partition coefficient (Wildman–Crippen LogP) is 3.24. The van der Waals surface area contributed by atoms with Crippen molar-refractivity contribution < 1.29 is 4.74 Å². The molecule has 2 rings (SSSR count). The zero-order chi connectivity index (χ0) is 18.1. The molecule has 1 atom stereocenters. The van der Waals surface area contributed by atoms with Crippen LogP contribution >= 0.6 is 23.4 Å². The third kappa shape index (κ3) is 6.19. The number of hydrogen-bond donors (Lipinski definition) is 2. The standard InChI is InChI=1S/C18H29ClN4OS/c1-20-18(21-9-4-5-11-25-3)22-15-8-10-23(13-15)16-12-14(19)6-7-17(16)24-2/h6-7,12,15H,4-5,8-11,13H2,1-3H3,(H2,20,21,22). The van der Waals surface area contributed by atoms with Crippen molar-refractivity contribution in [3.8, 4) is 5.75 Å². The van der Waals surface area contributed by atoms with Gasteiger partial charge in [0.2, 0.25) is 0 Å². The van der Waals surface area contributed by atoms with Crippen LogP contribution < -0.4 is 20.3 Å². The number of nitrogens with zero attached hydrogens (tertiary/aromatic N) is 2. The largest absolute Gasteiger partial charge is 0.495 e. The molecule has 0 radical (unpaired) electrons. The lowest BCUT2D eigenvalue weighted by Gasteiger charge is -2.22. The van der Waals surface area contributed by atoms with E-state index >= 15 is 0 Å². The molecule has 1 aromatic carbocycles. The van der Waals surface area contributed by atoms with Crippen molar-refractivity contribution in [3.63, 3.8) is 0 Å². The van der Waals surface area contributed by atoms with Gasteiger partial charge in [-0.3, -0.25) is 4.99 Å². The lowest BCUT2D eigenvalue weighted by molar-refractivity contribution is 0.415. The minimum Gasteiger partial charge on any atom is -0.495 e. The molecule has 0 bridgehead atoms.